The molecule has 0 fully saturated rings. The van der Waals surface area contributed by atoms with Gasteiger partial charge in [0.15, 0.2) is 17.6 Å². The summed E-state index contributed by atoms with van der Waals surface area (Å²) in [4.78, 5) is 12.6. The van der Waals surface area contributed by atoms with Gasteiger partial charge >= 0.3 is 0 Å². The molecule has 130 valence electrons. The second-order valence-corrected chi connectivity index (χ2v) is 6.43. The van der Waals surface area contributed by atoms with Crippen LogP contribution >= 0.6 is 0 Å². The Morgan fingerprint density at radius 1 is 1.20 bits per heavy atom. The summed E-state index contributed by atoms with van der Waals surface area (Å²) < 4.78 is 16.4. The topological polar surface area (TPSA) is 56.8 Å². The highest BCUT2D eigenvalue weighted by Gasteiger charge is 2.24. The molecule has 1 amide bonds. The van der Waals surface area contributed by atoms with Crippen molar-refractivity contribution in [3.05, 3.63) is 53.6 Å². The highest BCUT2D eigenvalue weighted by atomic mass is 16.7. The largest absolute Gasteiger partial charge is 0.481 e. The van der Waals surface area contributed by atoms with Gasteiger partial charge in [0, 0.05) is 6.07 Å². The van der Waals surface area contributed by atoms with Crippen molar-refractivity contribution in [3.63, 3.8) is 0 Å². The van der Waals surface area contributed by atoms with Gasteiger partial charge in [0.1, 0.15) is 5.75 Å². The lowest BCUT2D eigenvalue weighted by molar-refractivity contribution is -0.128. The normalized spacial score (nSPS) is 19.0. The van der Waals surface area contributed by atoms with Crippen LogP contribution in [0.2, 0.25) is 0 Å². The molecule has 5 heteroatoms. The molecule has 2 aromatic rings. The molecule has 2 atom stereocenters. The Morgan fingerprint density at radius 3 is 2.96 bits per heavy atom. The van der Waals surface area contributed by atoms with Crippen LogP contribution in [0.1, 0.15) is 36.9 Å². The summed E-state index contributed by atoms with van der Waals surface area (Å²) in [7, 11) is 0. The van der Waals surface area contributed by atoms with Crippen molar-refractivity contribution in [2.45, 2.75) is 38.3 Å². The van der Waals surface area contributed by atoms with E-state index in [4.69, 9.17) is 14.2 Å². The molecule has 1 aliphatic heterocycles. The molecule has 0 saturated heterocycles. The zero-order valence-corrected chi connectivity index (χ0v) is 14.2. The van der Waals surface area contributed by atoms with Crippen LogP contribution in [0.5, 0.6) is 17.2 Å². The van der Waals surface area contributed by atoms with E-state index in [0.717, 1.165) is 19.3 Å². The molecule has 0 radical (unpaired) electrons. The lowest BCUT2D eigenvalue weighted by atomic mass is 9.87. The number of carbonyl (C=O) groups is 1. The number of aryl methyl sites for hydroxylation is 1. The van der Waals surface area contributed by atoms with E-state index in [-0.39, 0.29) is 18.7 Å². The Labute approximate surface area is 146 Å². The summed E-state index contributed by atoms with van der Waals surface area (Å²) in [6, 6.07) is 13.7. The molecule has 2 unspecified atom stereocenters. The molecular formula is C20H21NO4. The van der Waals surface area contributed by atoms with Crippen molar-refractivity contribution in [1.29, 1.82) is 0 Å². The fourth-order valence-electron chi connectivity index (χ4n) is 3.40. The zero-order valence-electron chi connectivity index (χ0n) is 14.2. The first-order valence-electron chi connectivity index (χ1n) is 8.65. The third kappa shape index (κ3) is 3.27. The Kier molecular flexibility index (Phi) is 4.22. The van der Waals surface area contributed by atoms with Gasteiger partial charge in [-0.15, -0.1) is 0 Å². The van der Waals surface area contributed by atoms with Crippen LogP contribution in [0.25, 0.3) is 0 Å². The first-order valence-corrected chi connectivity index (χ1v) is 8.65. The Balaban J connectivity index is 1.41. The molecule has 4 rings (SSSR count). The second-order valence-electron chi connectivity index (χ2n) is 6.43. The van der Waals surface area contributed by atoms with Crippen molar-refractivity contribution in [1.82, 2.24) is 5.32 Å². The molecule has 1 aliphatic carbocycles. The fraction of sp³-hybridized carbons (Fsp3) is 0.350. The SMILES string of the molecule is CC(Oc1ccc2c(c1)OCO2)C(=O)NC1CCCc2ccccc21. The maximum absolute atomic E-state index is 12.6. The van der Waals surface area contributed by atoms with Gasteiger partial charge in [-0.3, -0.25) is 4.79 Å². The molecule has 0 spiro atoms. The molecule has 2 aromatic carbocycles. The number of rotatable bonds is 4. The van der Waals surface area contributed by atoms with Crippen LogP contribution in [-0.4, -0.2) is 18.8 Å². The minimum Gasteiger partial charge on any atom is -0.481 e. The predicted molar refractivity (Wildman–Crippen MR) is 92.9 cm³/mol. The van der Waals surface area contributed by atoms with Gasteiger partial charge in [-0.2, -0.15) is 0 Å². The van der Waals surface area contributed by atoms with Crippen molar-refractivity contribution in [3.8, 4) is 17.2 Å². The van der Waals surface area contributed by atoms with E-state index in [1.165, 1.54) is 11.1 Å². The number of ether oxygens (including phenoxy) is 3. The monoisotopic (exact) mass is 339 g/mol. The summed E-state index contributed by atoms with van der Waals surface area (Å²) in [5.74, 6) is 1.82. The average Bonchev–Trinajstić information content (AvgIpc) is 3.10. The van der Waals surface area contributed by atoms with Gasteiger partial charge in [-0.25, -0.2) is 0 Å². The predicted octanol–water partition coefficient (Wildman–Crippen LogP) is 3.38. The van der Waals surface area contributed by atoms with Crippen LogP contribution in [-0.2, 0) is 11.2 Å². The van der Waals surface area contributed by atoms with Crippen LogP contribution < -0.4 is 19.5 Å². The first-order chi connectivity index (χ1) is 12.2. The van der Waals surface area contributed by atoms with Crippen LogP contribution in [0.4, 0.5) is 0 Å². The Hall–Kier alpha value is -2.69. The standard InChI is InChI=1S/C20H21NO4/c1-13(25-15-9-10-18-19(11-15)24-12-23-18)20(22)21-17-8-4-6-14-5-2-3-7-16(14)17/h2-3,5,7,9-11,13,17H,4,6,8,12H2,1H3,(H,21,22). The fourth-order valence-corrected chi connectivity index (χ4v) is 3.40. The summed E-state index contributed by atoms with van der Waals surface area (Å²) in [6.07, 6.45) is 2.53. The van der Waals surface area contributed by atoms with Gasteiger partial charge in [-0.05, 0) is 49.4 Å². The summed E-state index contributed by atoms with van der Waals surface area (Å²) in [6.45, 7) is 1.98. The number of nitrogens with one attached hydrogen (secondary N) is 1. The number of hydrogen-bond donors (Lipinski definition) is 1. The number of carbonyl (C=O) groups excluding carboxylic acids is 1. The third-order valence-electron chi connectivity index (χ3n) is 4.71. The maximum Gasteiger partial charge on any atom is 0.261 e. The second kappa shape index (κ2) is 6.67. The Morgan fingerprint density at radius 2 is 2.04 bits per heavy atom. The maximum atomic E-state index is 12.6. The van der Waals surface area contributed by atoms with Gasteiger partial charge in [0.05, 0.1) is 6.04 Å². The van der Waals surface area contributed by atoms with E-state index >= 15 is 0 Å². The molecule has 0 saturated carbocycles. The van der Waals surface area contributed by atoms with Gasteiger partial charge in [-0.1, -0.05) is 24.3 Å². The molecule has 0 bridgehead atoms. The van der Waals surface area contributed by atoms with Crippen molar-refractivity contribution in [2.75, 3.05) is 6.79 Å². The van der Waals surface area contributed by atoms with Crippen LogP contribution in [0, 0.1) is 0 Å². The van der Waals surface area contributed by atoms with E-state index in [2.05, 4.69) is 23.5 Å². The summed E-state index contributed by atoms with van der Waals surface area (Å²) in [5.41, 5.74) is 2.54. The molecule has 0 aromatic heterocycles. The Bertz CT molecular complexity index is 789. The molecular weight excluding hydrogens is 318 g/mol. The lowest BCUT2D eigenvalue weighted by Gasteiger charge is -2.27. The van der Waals surface area contributed by atoms with Gasteiger partial charge in [0.2, 0.25) is 6.79 Å². The summed E-state index contributed by atoms with van der Waals surface area (Å²) >= 11 is 0. The average molecular weight is 339 g/mol. The zero-order chi connectivity index (χ0) is 17.2. The van der Waals surface area contributed by atoms with E-state index in [0.29, 0.717) is 17.2 Å². The summed E-state index contributed by atoms with van der Waals surface area (Å²) in [5, 5.41) is 3.13. The number of fused-ring (bicyclic) bond motifs is 2. The van der Waals surface area contributed by atoms with E-state index in [9.17, 15) is 4.79 Å². The first kappa shape index (κ1) is 15.8. The highest BCUT2D eigenvalue weighted by Crippen LogP contribution is 2.35. The lowest BCUT2D eigenvalue weighted by Crippen LogP contribution is -2.39. The molecule has 25 heavy (non-hydrogen) atoms. The van der Waals surface area contributed by atoms with Crippen molar-refractivity contribution in [2.24, 2.45) is 0 Å². The van der Waals surface area contributed by atoms with Crippen LogP contribution in [0.15, 0.2) is 42.5 Å². The molecule has 1 heterocycles. The van der Waals surface area contributed by atoms with E-state index < -0.39 is 6.10 Å². The smallest absolute Gasteiger partial charge is 0.261 e. The van der Waals surface area contributed by atoms with Crippen molar-refractivity contribution >= 4 is 5.91 Å². The van der Waals surface area contributed by atoms with Crippen molar-refractivity contribution < 1.29 is 19.0 Å². The minimum absolute atomic E-state index is 0.0558. The minimum atomic E-state index is -0.588. The van der Waals surface area contributed by atoms with Crippen LogP contribution in [0.3, 0.4) is 0 Å². The van der Waals surface area contributed by atoms with E-state index in [1.807, 2.05) is 6.07 Å². The third-order valence-corrected chi connectivity index (χ3v) is 4.71. The quantitative estimate of drug-likeness (QED) is 0.928. The van der Waals surface area contributed by atoms with E-state index in [1.54, 1.807) is 25.1 Å². The number of hydrogen-bond acceptors (Lipinski definition) is 4. The molecule has 2 aliphatic rings. The highest BCUT2D eigenvalue weighted by molar-refractivity contribution is 5.81. The molecule has 1 N–H and O–H groups in total. The molecule has 5 nitrogen and oxygen atoms in total. The number of benzene rings is 2. The number of amides is 1. The van der Waals surface area contributed by atoms with Gasteiger partial charge in [0.25, 0.3) is 5.91 Å². The van der Waals surface area contributed by atoms with Gasteiger partial charge < -0.3 is 19.5 Å².